The van der Waals surface area contributed by atoms with E-state index in [0.29, 0.717) is 17.9 Å². The highest BCUT2D eigenvalue weighted by Crippen LogP contribution is 2.24. The van der Waals surface area contributed by atoms with E-state index < -0.39 is 0 Å². The van der Waals surface area contributed by atoms with E-state index in [0.717, 1.165) is 10.5 Å². The van der Waals surface area contributed by atoms with E-state index in [9.17, 15) is 9.59 Å². The summed E-state index contributed by atoms with van der Waals surface area (Å²) in [6.07, 6.45) is 3.64. The molecule has 2 rings (SSSR count). The lowest BCUT2D eigenvalue weighted by Crippen LogP contribution is -2.27. The highest BCUT2D eigenvalue weighted by Gasteiger charge is 2.17. The van der Waals surface area contributed by atoms with Gasteiger partial charge < -0.3 is 9.80 Å². The summed E-state index contributed by atoms with van der Waals surface area (Å²) in [7, 11) is 7.06. The van der Waals surface area contributed by atoms with Gasteiger partial charge in [0, 0.05) is 51.4 Å². The van der Waals surface area contributed by atoms with E-state index in [-0.39, 0.29) is 11.8 Å². The first-order valence-electron chi connectivity index (χ1n) is 7.53. The maximum Gasteiger partial charge on any atom is 0.255 e. The van der Waals surface area contributed by atoms with Crippen molar-refractivity contribution in [1.29, 1.82) is 0 Å². The second kappa shape index (κ2) is 8.01. The molecule has 0 aliphatic rings. The van der Waals surface area contributed by atoms with E-state index in [1.165, 1.54) is 11.8 Å². The van der Waals surface area contributed by atoms with Crippen molar-refractivity contribution in [2.45, 2.75) is 11.4 Å². The molecular weight excluding hydrogens is 324 g/mol. The Morgan fingerprint density at radius 3 is 2.54 bits per heavy atom. The van der Waals surface area contributed by atoms with Gasteiger partial charge in [0.25, 0.3) is 5.91 Å². The summed E-state index contributed by atoms with van der Waals surface area (Å²) in [6, 6.07) is 7.38. The van der Waals surface area contributed by atoms with Gasteiger partial charge in [0.1, 0.15) is 0 Å². The van der Waals surface area contributed by atoms with Gasteiger partial charge in [0.2, 0.25) is 5.91 Å². The van der Waals surface area contributed by atoms with Crippen molar-refractivity contribution in [1.82, 2.24) is 19.6 Å². The molecule has 0 spiro atoms. The third-order valence-electron chi connectivity index (χ3n) is 3.49. The molecule has 1 heterocycles. The Kier molecular flexibility index (Phi) is 6.03. The minimum atomic E-state index is -0.0701. The number of carbonyl (C=O) groups is 2. The summed E-state index contributed by atoms with van der Waals surface area (Å²) in [6.45, 7) is 0.488. The smallest absolute Gasteiger partial charge is 0.255 e. The number of hydrogen-bond acceptors (Lipinski definition) is 4. The molecule has 0 fully saturated rings. The number of carbonyl (C=O) groups excluding carboxylic acids is 2. The molecule has 7 heteroatoms. The second-order valence-electron chi connectivity index (χ2n) is 5.76. The molecule has 1 aromatic heterocycles. The summed E-state index contributed by atoms with van der Waals surface area (Å²) in [4.78, 5) is 28.5. The number of aryl methyl sites for hydroxylation is 1. The van der Waals surface area contributed by atoms with Crippen molar-refractivity contribution in [2.24, 2.45) is 7.05 Å². The van der Waals surface area contributed by atoms with Crippen LogP contribution in [0.3, 0.4) is 0 Å². The minimum Gasteiger partial charge on any atom is -0.348 e. The molecule has 128 valence electrons. The molecule has 2 amide bonds. The maximum atomic E-state index is 12.7. The number of rotatable bonds is 6. The van der Waals surface area contributed by atoms with Crippen molar-refractivity contribution in [2.75, 3.05) is 26.9 Å². The third kappa shape index (κ3) is 4.61. The van der Waals surface area contributed by atoms with Gasteiger partial charge in [-0.25, -0.2) is 0 Å². The Morgan fingerprint density at radius 2 is 1.92 bits per heavy atom. The van der Waals surface area contributed by atoms with Gasteiger partial charge in [-0.3, -0.25) is 14.3 Å². The van der Waals surface area contributed by atoms with Crippen molar-refractivity contribution in [3.05, 3.63) is 47.8 Å². The van der Waals surface area contributed by atoms with Gasteiger partial charge in [-0.1, -0.05) is 12.1 Å². The lowest BCUT2D eigenvalue weighted by molar-refractivity contribution is -0.125. The SMILES string of the molecule is CN(C)C(=O)CSc1ccccc1C(=O)N(C)Cc1cnn(C)c1. The largest absolute Gasteiger partial charge is 0.348 e. The first kappa shape index (κ1) is 18.1. The van der Waals surface area contributed by atoms with Crippen LogP contribution in [0.4, 0.5) is 0 Å². The molecular formula is C17H22N4O2S. The molecule has 0 bridgehead atoms. The van der Waals surface area contributed by atoms with Crippen LogP contribution in [0.1, 0.15) is 15.9 Å². The molecule has 0 aliphatic heterocycles. The lowest BCUT2D eigenvalue weighted by atomic mass is 10.2. The second-order valence-corrected chi connectivity index (χ2v) is 6.77. The van der Waals surface area contributed by atoms with Crippen molar-refractivity contribution in [3.8, 4) is 0 Å². The fraction of sp³-hybridized carbons (Fsp3) is 0.353. The van der Waals surface area contributed by atoms with Gasteiger partial charge in [-0.05, 0) is 12.1 Å². The van der Waals surface area contributed by atoms with Gasteiger partial charge in [0.15, 0.2) is 0 Å². The standard InChI is InChI=1S/C17H22N4O2S/c1-19(2)16(22)12-24-15-8-6-5-7-14(15)17(23)20(3)10-13-9-18-21(4)11-13/h5-9,11H,10,12H2,1-4H3. The topological polar surface area (TPSA) is 58.4 Å². The summed E-state index contributed by atoms with van der Waals surface area (Å²) in [5.74, 6) is 0.258. The average molecular weight is 346 g/mol. The van der Waals surface area contributed by atoms with E-state index >= 15 is 0 Å². The molecule has 2 aromatic rings. The Labute approximate surface area is 146 Å². The predicted octanol–water partition coefficient (Wildman–Crippen LogP) is 1.87. The lowest BCUT2D eigenvalue weighted by Gasteiger charge is -2.18. The zero-order chi connectivity index (χ0) is 17.7. The maximum absolute atomic E-state index is 12.7. The fourth-order valence-electron chi connectivity index (χ4n) is 2.14. The molecule has 24 heavy (non-hydrogen) atoms. The number of hydrogen-bond donors (Lipinski definition) is 0. The monoisotopic (exact) mass is 346 g/mol. The average Bonchev–Trinajstić information content (AvgIpc) is 2.96. The summed E-state index contributed by atoms with van der Waals surface area (Å²) in [5.41, 5.74) is 1.58. The third-order valence-corrected chi connectivity index (χ3v) is 4.55. The first-order valence-corrected chi connectivity index (χ1v) is 8.52. The van der Waals surface area contributed by atoms with Crippen molar-refractivity contribution in [3.63, 3.8) is 0 Å². The number of nitrogens with zero attached hydrogens (tertiary/aromatic N) is 4. The number of benzene rings is 1. The molecule has 1 aromatic carbocycles. The van der Waals surface area contributed by atoms with Gasteiger partial charge in [-0.15, -0.1) is 11.8 Å². The Morgan fingerprint density at radius 1 is 1.21 bits per heavy atom. The molecule has 6 nitrogen and oxygen atoms in total. The van der Waals surface area contributed by atoms with E-state index in [1.54, 1.807) is 47.9 Å². The number of thioether (sulfide) groups is 1. The highest BCUT2D eigenvalue weighted by atomic mass is 32.2. The Balaban J connectivity index is 2.09. The fourth-order valence-corrected chi connectivity index (χ4v) is 3.17. The molecule has 0 saturated carbocycles. The molecule has 0 radical (unpaired) electrons. The molecule has 0 unspecified atom stereocenters. The van der Waals surface area contributed by atoms with Gasteiger partial charge >= 0.3 is 0 Å². The molecule has 0 saturated heterocycles. The highest BCUT2D eigenvalue weighted by molar-refractivity contribution is 8.00. The van der Waals surface area contributed by atoms with E-state index in [4.69, 9.17) is 0 Å². The predicted molar refractivity (Wildman–Crippen MR) is 94.9 cm³/mol. The molecule has 0 atom stereocenters. The summed E-state index contributed by atoms with van der Waals surface area (Å²) >= 11 is 1.38. The Hall–Kier alpha value is -2.28. The van der Waals surface area contributed by atoms with Gasteiger partial charge in [-0.2, -0.15) is 5.10 Å². The zero-order valence-electron chi connectivity index (χ0n) is 14.4. The van der Waals surface area contributed by atoms with Crippen LogP contribution in [-0.4, -0.2) is 58.3 Å². The zero-order valence-corrected chi connectivity index (χ0v) is 15.2. The van der Waals surface area contributed by atoms with Crippen LogP contribution < -0.4 is 0 Å². The van der Waals surface area contributed by atoms with Crippen LogP contribution in [0, 0.1) is 0 Å². The molecule has 0 aliphatic carbocycles. The Bertz CT molecular complexity index is 727. The summed E-state index contributed by atoms with van der Waals surface area (Å²) in [5, 5.41) is 4.12. The van der Waals surface area contributed by atoms with Crippen LogP contribution in [0.5, 0.6) is 0 Å². The normalized spacial score (nSPS) is 10.5. The molecule has 0 N–H and O–H groups in total. The van der Waals surface area contributed by atoms with Gasteiger partial charge in [0.05, 0.1) is 17.5 Å². The summed E-state index contributed by atoms with van der Waals surface area (Å²) < 4.78 is 1.71. The van der Waals surface area contributed by atoms with Crippen molar-refractivity contribution >= 4 is 23.6 Å². The minimum absolute atomic E-state index is 0.0194. The quantitative estimate of drug-likeness (QED) is 0.749. The van der Waals surface area contributed by atoms with Crippen LogP contribution in [0.15, 0.2) is 41.6 Å². The van der Waals surface area contributed by atoms with Crippen LogP contribution in [0.25, 0.3) is 0 Å². The number of aromatic nitrogens is 2. The van der Waals surface area contributed by atoms with E-state index in [1.807, 2.05) is 31.4 Å². The van der Waals surface area contributed by atoms with E-state index in [2.05, 4.69) is 5.10 Å². The first-order chi connectivity index (χ1) is 11.4. The van der Waals surface area contributed by atoms with Crippen LogP contribution >= 0.6 is 11.8 Å². The van der Waals surface area contributed by atoms with Crippen molar-refractivity contribution < 1.29 is 9.59 Å². The van der Waals surface area contributed by atoms with Crippen LogP contribution in [-0.2, 0) is 18.4 Å². The van der Waals surface area contributed by atoms with Crippen LogP contribution in [0.2, 0.25) is 0 Å². The number of amides is 2.